The Kier molecular flexibility index (Phi) is 2.10. The van der Waals surface area contributed by atoms with Crippen LogP contribution in [0.25, 0.3) is 31.8 Å². The summed E-state index contributed by atoms with van der Waals surface area (Å²) in [6.45, 7) is 0. The van der Waals surface area contributed by atoms with Crippen LogP contribution in [0.2, 0.25) is 4.47 Å². The molecule has 0 N–H and O–H groups in total. The molecule has 18 heavy (non-hydrogen) atoms. The summed E-state index contributed by atoms with van der Waals surface area (Å²) in [4.78, 5) is 4.48. The molecule has 0 saturated carbocycles. The minimum Gasteiger partial charge on any atom is -0.224 e. The molecule has 1 nitrogen and oxygen atoms in total. The monoisotopic (exact) mass is 269 g/mol. The van der Waals surface area contributed by atoms with Gasteiger partial charge in [0.15, 0.2) is 4.47 Å². The molecule has 4 aromatic rings. The van der Waals surface area contributed by atoms with E-state index in [0.29, 0.717) is 4.47 Å². The first-order chi connectivity index (χ1) is 8.84. The van der Waals surface area contributed by atoms with Gasteiger partial charge in [-0.1, -0.05) is 60.1 Å². The molecule has 0 atom stereocenters. The van der Waals surface area contributed by atoms with Gasteiger partial charge in [-0.3, -0.25) is 0 Å². The Hall–Kier alpha value is -1.64. The van der Waals surface area contributed by atoms with Gasteiger partial charge in [-0.2, -0.15) is 0 Å². The highest BCUT2D eigenvalue weighted by Gasteiger charge is 2.11. The number of nitrogens with zero attached hydrogens (tertiary/aromatic N) is 1. The van der Waals surface area contributed by atoms with E-state index in [-0.39, 0.29) is 0 Å². The van der Waals surface area contributed by atoms with Crippen molar-refractivity contribution in [2.45, 2.75) is 0 Å². The largest absolute Gasteiger partial charge is 0.224 e. The van der Waals surface area contributed by atoms with Crippen molar-refractivity contribution in [3.63, 3.8) is 0 Å². The van der Waals surface area contributed by atoms with Gasteiger partial charge < -0.3 is 0 Å². The Bertz CT molecular complexity index is 822. The maximum atomic E-state index is 6.09. The highest BCUT2D eigenvalue weighted by Crippen LogP contribution is 2.38. The maximum Gasteiger partial charge on any atom is 0.184 e. The molecule has 0 bridgehead atoms. The highest BCUT2D eigenvalue weighted by atomic mass is 35.5. The van der Waals surface area contributed by atoms with E-state index in [2.05, 4.69) is 47.4 Å². The molecule has 0 fully saturated rings. The van der Waals surface area contributed by atoms with E-state index in [4.69, 9.17) is 11.6 Å². The molecule has 0 radical (unpaired) electrons. The molecule has 0 unspecified atom stereocenters. The van der Waals surface area contributed by atoms with Crippen molar-refractivity contribution >= 4 is 54.7 Å². The second kappa shape index (κ2) is 3.67. The van der Waals surface area contributed by atoms with Crippen LogP contribution < -0.4 is 0 Å². The molecule has 86 valence electrons. The normalized spacial score (nSPS) is 11.6. The summed E-state index contributed by atoms with van der Waals surface area (Å²) in [6.07, 6.45) is 0. The van der Waals surface area contributed by atoms with Crippen LogP contribution in [0.3, 0.4) is 0 Å². The van der Waals surface area contributed by atoms with Gasteiger partial charge in [0.05, 0.1) is 10.2 Å². The first kappa shape index (κ1) is 10.3. The maximum absolute atomic E-state index is 6.09. The van der Waals surface area contributed by atoms with Gasteiger partial charge in [-0.15, -0.1) is 11.3 Å². The number of halogens is 1. The second-order valence-corrected chi connectivity index (χ2v) is 5.82. The predicted octanol–water partition coefficient (Wildman–Crippen LogP) is 5.26. The van der Waals surface area contributed by atoms with Crippen LogP contribution in [-0.4, -0.2) is 4.98 Å². The van der Waals surface area contributed by atoms with Crippen molar-refractivity contribution in [3.8, 4) is 0 Å². The molecule has 0 aliphatic heterocycles. The van der Waals surface area contributed by atoms with Gasteiger partial charge in [0, 0.05) is 10.8 Å². The Morgan fingerprint density at radius 3 is 2.06 bits per heavy atom. The third-order valence-corrected chi connectivity index (χ3v) is 4.44. The number of hydrogen-bond donors (Lipinski definition) is 0. The fourth-order valence-electron chi connectivity index (χ4n) is 2.50. The van der Waals surface area contributed by atoms with Gasteiger partial charge in [-0.05, 0) is 10.8 Å². The number of hydrogen-bond acceptors (Lipinski definition) is 2. The summed E-state index contributed by atoms with van der Waals surface area (Å²) < 4.78 is 1.78. The first-order valence-corrected chi connectivity index (χ1v) is 6.89. The zero-order valence-corrected chi connectivity index (χ0v) is 10.9. The minimum atomic E-state index is 0.603. The average molecular weight is 270 g/mol. The number of thiazole rings is 1. The smallest absolute Gasteiger partial charge is 0.184 e. The molecule has 3 aromatic carbocycles. The Labute approximate surface area is 113 Å². The van der Waals surface area contributed by atoms with Crippen molar-refractivity contribution < 1.29 is 0 Å². The Morgan fingerprint density at radius 1 is 0.778 bits per heavy atom. The van der Waals surface area contributed by atoms with Crippen molar-refractivity contribution in [1.29, 1.82) is 0 Å². The van der Waals surface area contributed by atoms with Gasteiger partial charge in [0.1, 0.15) is 0 Å². The number of aromatic nitrogens is 1. The number of rotatable bonds is 0. The standard InChI is InChI=1S/C15H8ClNS/c16-15-17-13-11-7-3-1-5-9(11)10-6-2-4-8-12(10)14(13)18-15/h1-8H. The molecule has 0 aliphatic rings. The lowest BCUT2D eigenvalue weighted by Gasteiger charge is -2.05. The van der Waals surface area contributed by atoms with Gasteiger partial charge in [-0.25, -0.2) is 4.98 Å². The van der Waals surface area contributed by atoms with Crippen molar-refractivity contribution in [2.24, 2.45) is 0 Å². The van der Waals surface area contributed by atoms with Crippen LogP contribution in [0.4, 0.5) is 0 Å². The topological polar surface area (TPSA) is 12.9 Å². The van der Waals surface area contributed by atoms with E-state index in [9.17, 15) is 0 Å². The number of fused-ring (bicyclic) bond motifs is 6. The second-order valence-electron chi connectivity index (χ2n) is 4.24. The van der Waals surface area contributed by atoms with E-state index >= 15 is 0 Å². The van der Waals surface area contributed by atoms with E-state index in [0.717, 1.165) is 5.52 Å². The fraction of sp³-hybridized carbons (Fsp3) is 0. The molecule has 1 heterocycles. The molecule has 1 aromatic heterocycles. The lowest BCUT2D eigenvalue weighted by molar-refractivity contribution is 1.52. The van der Waals surface area contributed by atoms with Crippen LogP contribution in [0.5, 0.6) is 0 Å². The number of benzene rings is 3. The van der Waals surface area contributed by atoms with Crippen LogP contribution >= 0.6 is 22.9 Å². The highest BCUT2D eigenvalue weighted by molar-refractivity contribution is 7.23. The van der Waals surface area contributed by atoms with Gasteiger partial charge in [0.25, 0.3) is 0 Å². The summed E-state index contributed by atoms with van der Waals surface area (Å²) in [7, 11) is 0. The summed E-state index contributed by atoms with van der Waals surface area (Å²) in [5.74, 6) is 0. The zero-order chi connectivity index (χ0) is 12.1. The third-order valence-electron chi connectivity index (χ3n) is 3.25. The molecule has 0 aliphatic carbocycles. The van der Waals surface area contributed by atoms with E-state index < -0.39 is 0 Å². The third kappa shape index (κ3) is 1.30. The lowest BCUT2D eigenvalue weighted by atomic mass is 10.0. The van der Waals surface area contributed by atoms with Crippen LogP contribution in [0.1, 0.15) is 0 Å². The van der Waals surface area contributed by atoms with E-state index in [1.165, 1.54) is 26.2 Å². The van der Waals surface area contributed by atoms with Crippen molar-refractivity contribution in [1.82, 2.24) is 4.98 Å². The molecule has 0 saturated heterocycles. The molecule has 0 spiro atoms. The van der Waals surface area contributed by atoms with Crippen molar-refractivity contribution in [2.75, 3.05) is 0 Å². The van der Waals surface area contributed by atoms with Crippen LogP contribution in [0.15, 0.2) is 48.5 Å². The van der Waals surface area contributed by atoms with E-state index in [1.807, 2.05) is 6.07 Å². The van der Waals surface area contributed by atoms with E-state index in [1.54, 1.807) is 11.3 Å². The summed E-state index contributed by atoms with van der Waals surface area (Å²) in [6, 6.07) is 16.8. The molecule has 0 amide bonds. The van der Waals surface area contributed by atoms with Crippen LogP contribution in [0, 0.1) is 0 Å². The molecule has 4 rings (SSSR count). The lowest BCUT2D eigenvalue weighted by Crippen LogP contribution is -1.79. The summed E-state index contributed by atoms with van der Waals surface area (Å²) in [5, 5.41) is 4.91. The van der Waals surface area contributed by atoms with Crippen molar-refractivity contribution in [3.05, 3.63) is 53.0 Å². The zero-order valence-electron chi connectivity index (χ0n) is 9.35. The predicted molar refractivity (Wildman–Crippen MR) is 79.6 cm³/mol. The molecular weight excluding hydrogens is 262 g/mol. The fourth-order valence-corrected chi connectivity index (χ4v) is 3.66. The van der Waals surface area contributed by atoms with Gasteiger partial charge in [0.2, 0.25) is 0 Å². The summed E-state index contributed by atoms with van der Waals surface area (Å²) >= 11 is 7.64. The van der Waals surface area contributed by atoms with Crippen LogP contribution in [-0.2, 0) is 0 Å². The first-order valence-electron chi connectivity index (χ1n) is 5.70. The minimum absolute atomic E-state index is 0.603. The SMILES string of the molecule is Clc1nc2c3ccccc3c3ccccc3c2s1. The average Bonchev–Trinajstić information content (AvgIpc) is 2.81. The Balaban J connectivity index is 2.45. The molecule has 3 heteroatoms. The van der Waals surface area contributed by atoms with Gasteiger partial charge >= 0.3 is 0 Å². The Morgan fingerprint density at radius 2 is 1.33 bits per heavy atom. The summed E-state index contributed by atoms with van der Waals surface area (Å²) in [5.41, 5.74) is 1.01. The molecular formula is C15H8ClNS. The quantitative estimate of drug-likeness (QED) is 0.397.